The molecule has 0 aromatic heterocycles. The summed E-state index contributed by atoms with van der Waals surface area (Å²) in [6.07, 6.45) is 0.446. The van der Waals surface area contributed by atoms with E-state index in [2.05, 4.69) is 6.58 Å². The summed E-state index contributed by atoms with van der Waals surface area (Å²) in [5.74, 6) is 0.437. The van der Waals surface area contributed by atoms with E-state index in [-0.39, 0.29) is 11.5 Å². The van der Waals surface area contributed by atoms with Crippen LogP contribution in [0.2, 0.25) is 0 Å². The van der Waals surface area contributed by atoms with E-state index in [0.717, 1.165) is 0 Å². The molecule has 1 fully saturated rings. The van der Waals surface area contributed by atoms with Gasteiger partial charge in [-0.15, -0.1) is 0 Å². The Hall–Kier alpha value is -1.81. The summed E-state index contributed by atoms with van der Waals surface area (Å²) in [7, 11) is 3.27. The molecule has 1 N–H and O–H groups in total. The molecule has 1 saturated heterocycles. The van der Waals surface area contributed by atoms with Gasteiger partial charge in [0.15, 0.2) is 0 Å². The Bertz CT molecular complexity index is 498. The number of benzene rings is 1. The summed E-state index contributed by atoms with van der Waals surface area (Å²) in [5.41, 5.74) is -0.434. The maximum Gasteiger partial charge on any atom is 0.252 e. The number of likely N-dealkylation sites (tertiary alicyclic amines) is 1. The average molecular weight is 247 g/mol. The van der Waals surface area contributed by atoms with Crippen LogP contribution >= 0.6 is 0 Å². The van der Waals surface area contributed by atoms with E-state index in [1.807, 2.05) is 0 Å². The smallest absolute Gasteiger partial charge is 0.252 e. The van der Waals surface area contributed by atoms with Crippen molar-refractivity contribution in [3.8, 4) is 5.75 Å². The zero-order valence-electron chi connectivity index (χ0n) is 10.6. The molecular weight excluding hydrogens is 230 g/mol. The lowest BCUT2D eigenvalue weighted by atomic mass is 9.80. The number of methoxy groups -OCH3 is 1. The van der Waals surface area contributed by atoms with Crippen molar-refractivity contribution in [2.24, 2.45) is 0 Å². The van der Waals surface area contributed by atoms with Crippen molar-refractivity contribution >= 4 is 5.91 Å². The van der Waals surface area contributed by atoms with Crippen LogP contribution in [0, 0.1) is 0 Å². The number of amides is 1. The Labute approximate surface area is 106 Å². The van der Waals surface area contributed by atoms with Gasteiger partial charge in [0.1, 0.15) is 11.4 Å². The second kappa shape index (κ2) is 4.46. The van der Waals surface area contributed by atoms with Crippen molar-refractivity contribution < 1.29 is 14.6 Å². The van der Waals surface area contributed by atoms with Crippen LogP contribution in [0.1, 0.15) is 12.0 Å². The van der Waals surface area contributed by atoms with Crippen LogP contribution in [-0.4, -0.2) is 36.6 Å². The number of likely N-dealkylation sites (N-methyl/N-ethyl adjacent to an activating group) is 1. The van der Waals surface area contributed by atoms with Gasteiger partial charge in [-0.1, -0.05) is 18.7 Å². The Morgan fingerprint density at radius 1 is 1.50 bits per heavy atom. The van der Waals surface area contributed by atoms with Crippen molar-refractivity contribution in [3.63, 3.8) is 0 Å². The van der Waals surface area contributed by atoms with E-state index in [1.165, 1.54) is 0 Å². The van der Waals surface area contributed by atoms with Crippen molar-refractivity contribution in [1.82, 2.24) is 4.90 Å². The molecule has 1 aromatic carbocycles. The molecule has 1 amide bonds. The number of nitrogens with zero attached hydrogens (tertiary/aromatic N) is 1. The van der Waals surface area contributed by atoms with Crippen LogP contribution in [0.25, 0.3) is 0 Å². The highest BCUT2D eigenvalue weighted by atomic mass is 16.5. The standard InChI is InChI=1S/C14H17NO3/c1-10-13(16)15(2)8-7-14(10,17)11-5-4-6-12(9-11)18-3/h4-6,9,17H,1,7-8H2,2-3H3. The fourth-order valence-corrected chi connectivity index (χ4v) is 2.19. The number of rotatable bonds is 2. The molecule has 96 valence electrons. The highest BCUT2D eigenvalue weighted by molar-refractivity contribution is 5.95. The van der Waals surface area contributed by atoms with Crippen LogP contribution in [0.5, 0.6) is 5.75 Å². The molecule has 0 aliphatic carbocycles. The fraction of sp³-hybridized carbons (Fsp3) is 0.357. The van der Waals surface area contributed by atoms with Crippen LogP contribution in [-0.2, 0) is 10.4 Å². The van der Waals surface area contributed by atoms with Gasteiger partial charge in [0, 0.05) is 25.6 Å². The molecule has 18 heavy (non-hydrogen) atoms. The van der Waals surface area contributed by atoms with E-state index in [9.17, 15) is 9.90 Å². The fourth-order valence-electron chi connectivity index (χ4n) is 2.19. The number of hydrogen-bond donors (Lipinski definition) is 1. The van der Waals surface area contributed by atoms with Crippen molar-refractivity contribution in [1.29, 1.82) is 0 Å². The highest BCUT2D eigenvalue weighted by Crippen LogP contribution is 2.37. The monoisotopic (exact) mass is 247 g/mol. The molecule has 1 atom stereocenters. The lowest BCUT2D eigenvalue weighted by molar-refractivity contribution is -0.132. The summed E-state index contributed by atoms with van der Waals surface area (Å²) < 4.78 is 5.14. The molecule has 1 aromatic rings. The Kier molecular flexibility index (Phi) is 3.13. The Morgan fingerprint density at radius 3 is 2.89 bits per heavy atom. The van der Waals surface area contributed by atoms with Gasteiger partial charge in [0.25, 0.3) is 5.91 Å². The van der Waals surface area contributed by atoms with Crippen molar-refractivity contribution in [2.75, 3.05) is 20.7 Å². The Morgan fingerprint density at radius 2 is 2.22 bits per heavy atom. The van der Waals surface area contributed by atoms with Gasteiger partial charge in [-0.3, -0.25) is 4.79 Å². The van der Waals surface area contributed by atoms with Crippen molar-refractivity contribution in [2.45, 2.75) is 12.0 Å². The average Bonchev–Trinajstić information content (AvgIpc) is 2.41. The maximum atomic E-state index is 11.9. The van der Waals surface area contributed by atoms with Gasteiger partial charge in [0.2, 0.25) is 0 Å². The third kappa shape index (κ3) is 1.88. The number of carbonyl (C=O) groups is 1. The number of piperidine rings is 1. The molecule has 1 aliphatic heterocycles. The number of aliphatic hydroxyl groups is 1. The van der Waals surface area contributed by atoms with E-state index < -0.39 is 5.60 Å². The summed E-state index contributed by atoms with van der Waals surface area (Å²) >= 11 is 0. The predicted molar refractivity (Wildman–Crippen MR) is 68.3 cm³/mol. The van der Waals surface area contributed by atoms with E-state index in [1.54, 1.807) is 43.3 Å². The lowest BCUT2D eigenvalue weighted by Crippen LogP contribution is -2.46. The van der Waals surface area contributed by atoms with Gasteiger partial charge >= 0.3 is 0 Å². The van der Waals surface area contributed by atoms with Crippen LogP contribution in [0.4, 0.5) is 0 Å². The number of ether oxygens (including phenoxy) is 1. The molecular formula is C14H17NO3. The quantitative estimate of drug-likeness (QED) is 0.801. The third-order valence-electron chi connectivity index (χ3n) is 3.46. The molecule has 4 heteroatoms. The second-order valence-electron chi connectivity index (χ2n) is 4.55. The molecule has 0 radical (unpaired) electrons. The van der Waals surface area contributed by atoms with Crippen LogP contribution in [0.15, 0.2) is 36.4 Å². The van der Waals surface area contributed by atoms with Crippen LogP contribution in [0.3, 0.4) is 0 Å². The normalized spacial score (nSPS) is 24.3. The summed E-state index contributed by atoms with van der Waals surface area (Å²) in [4.78, 5) is 13.5. The first-order valence-electron chi connectivity index (χ1n) is 5.81. The first-order valence-corrected chi connectivity index (χ1v) is 5.81. The Balaban J connectivity index is 2.41. The minimum atomic E-state index is -1.29. The molecule has 1 unspecified atom stereocenters. The van der Waals surface area contributed by atoms with Gasteiger partial charge in [-0.25, -0.2) is 0 Å². The lowest BCUT2D eigenvalue weighted by Gasteiger charge is -2.38. The zero-order chi connectivity index (χ0) is 13.3. The first kappa shape index (κ1) is 12.6. The summed E-state index contributed by atoms with van der Waals surface area (Å²) in [6, 6.07) is 7.12. The minimum absolute atomic E-state index is 0.213. The SMILES string of the molecule is C=C1C(=O)N(C)CCC1(O)c1cccc(OC)c1. The minimum Gasteiger partial charge on any atom is -0.497 e. The maximum absolute atomic E-state index is 11.9. The molecule has 0 saturated carbocycles. The van der Waals surface area contributed by atoms with Gasteiger partial charge in [-0.2, -0.15) is 0 Å². The summed E-state index contributed by atoms with van der Waals surface area (Å²) in [5, 5.41) is 10.7. The third-order valence-corrected chi connectivity index (χ3v) is 3.46. The molecule has 4 nitrogen and oxygen atoms in total. The summed E-state index contributed by atoms with van der Waals surface area (Å²) in [6.45, 7) is 4.25. The van der Waals surface area contributed by atoms with Crippen molar-refractivity contribution in [3.05, 3.63) is 42.0 Å². The molecule has 1 heterocycles. The molecule has 0 bridgehead atoms. The van der Waals surface area contributed by atoms with Gasteiger partial charge in [-0.05, 0) is 17.7 Å². The van der Waals surface area contributed by atoms with E-state index >= 15 is 0 Å². The molecule has 2 rings (SSSR count). The van der Waals surface area contributed by atoms with Gasteiger partial charge in [0.05, 0.1) is 7.11 Å². The largest absolute Gasteiger partial charge is 0.497 e. The van der Waals surface area contributed by atoms with E-state index in [4.69, 9.17) is 4.74 Å². The zero-order valence-corrected chi connectivity index (χ0v) is 10.6. The van der Waals surface area contributed by atoms with Gasteiger partial charge < -0.3 is 14.7 Å². The molecule has 0 spiro atoms. The van der Waals surface area contributed by atoms with Crippen LogP contribution < -0.4 is 4.74 Å². The second-order valence-corrected chi connectivity index (χ2v) is 4.55. The molecule has 1 aliphatic rings. The highest BCUT2D eigenvalue weighted by Gasteiger charge is 2.41. The number of hydrogen-bond acceptors (Lipinski definition) is 3. The topological polar surface area (TPSA) is 49.8 Å². The number of carbonyl (C=O) groups excluding carboxylic acids is 1. The van der Waals surface area contributed by atoms with E-state index in [0.29, 0.717) is 24.3 Å². The first-order chi connectivity index (χ1) is 8.49. The predicted octanol–water partition coefficient (Wildman–Crippen LogP) is 1.30.